The molecule has 190 valence electrons. The summed E-state index contributed by atoms with van der Waals surface area (Å²) in [6, 6.07) is 4.42. The number of aromatic nitrogens is 1. The first kappa shape index (κ1) is 26.8. The molecule has 2 heterocycles. The van der Waals surface area contributed by atoms with E-state index < -0.39 is 18.2 Å². The van der Waals surface area contributed by atoms with Crippen molar-refractivity contribution in [1.82, 2.24) is 20.5 Å². The van der Waals surface area contributed by atoms with Crippen LogP contribution in [0.25, 0.3) is 10.4 Å². The highest BCUT2D eigenvalue weighted by Gasteiger charge is 2.43. The first-order valence-corrected chi connectivity index (χ1v) is 12.5. The average molecular weight is 502 g/mol. The van der Waals surface area contributed by atoms with Crippen LogP contribution in [0.15, 0.2) is 23.7 Å². The van der Waals surface area contributed by atoms with Crippen LogP contribution in [0.5, 0.6) is 0 Å². The quantitative estimate of drug-likeness (QED) is 0.462. The number of aliphatic hydroxyl groups excluding tert-OH is 1. The second kappa shape index (κ2) is 10.8. The van der Waals surface area contributed by atoms with Gasteiger partial charge in [0.2, 0.25) is 17.7 Å². The Bertz CT molecular complexity index is 1090. The van der Waals surface area contributed by atoms with Crippen LogP contribution in [-0.4, -0.2) is 64.5 Å². The Kier molecular flexibility index (Phi) is 8.30. The van der Waals surface area contributed by atoms with Gasteiger partial charge in [-0.2, -0.15) is 0 Å². The van der Waals surface area contributed by atoms with Crippen molar-refractivity contribution in [1.29, 1.82) is 0 Å². The van der Waals surface area contributed by atoms with Gasteiger partial charge in [0.05, 0.1) is 28.2 Å². The highest BCUT2D eigenvalue weighted by atomic mass is 32.1. The minimum absolute atomic E-state index is 0.116. The second-order valence-corrected chi connectivity index (χ2v) is 10.9. The molecule has 3 atom stereocenters. The second-order valence-electron chi connectivity index (χ2n) is 10.0. The summed E-state index contributed by atoms with van der Waals surface area (Å²) in [5.74, 6) is -0.763. The largest absolute Gasteiger partial charge is 0.391 e. The number of hydrogen-bond donors (Lipinski definition) is 4. The van der Waals surface area contributed by atoms with Crippen molar-refractivity contribution in [2.45, 2.75) is 65.8 Å². The number of amides is 3. The molecular formula is C25H35N5O4S. The lowest BCUT2D eigenvalue weighted by Gasteiger charge is -2.34. The molecule has 3 amide bonds. The van der Waals surface area contributed by atoms with Crippen LogP contribution < -0.4 is 16.0 Å². The third-order valence-corrected chi connectivity index (χ3v) is 7.13. The Morgan fingerprint density at radius 3 is 2.57 bits per heavy atom. The maximum Gasteiger partial charge on any atom is 0.243 e. The minimum Gasteiger partial charge on any atom is -0.391 e. The van der Waals surface area contributed by atoms with Crippen molar-refractivity contribution in [3.8, 4) is 10.4 Å². The first-order chi connectivity index (χ1) is 16.4. The molecule has 35 heavy (non-hydrogen) atoms. The fourth-order valence-corrected chi connectivity index (χ4v) is 5.26. The number of likely N-dealkylation sites (N-methyl/N-ethyl adjacent to an activating group) is 1. The zero-order valence-corrected chi connectivity index (χ0v) is 22.0. The molecule has 0 unspecified atom stereocenters. The lowest BCUT2D eigenvalue weighted by Crippen LogP contribution is -2.55. The number of aliphatic hydroxyl groups is 1. The highest BCUT2D eigenvalue weighted by Crippen LogP contribution is 2.31. The minimum atomic E-state index is -0.765. The summed E-state index contributed by atoms with van der Waals surface area (Å²) in [7, 11) is 1.72. The van der Waals surface area contributed by atoms with Gasteiger partial charge in [-0.1, -0.05) is 32.9 Å². The third kappa shape index (κ3) is 6.25. The van der Waals surface area contributed by atoms with Crippen LogP contribution in [0.1, 0.15) is 45.4 Å². The zero-order valence-electron chi connectivity index (χ0n) is 21.1. The number of hydrogen-bond acceptors (Lipinski definition) is 7. The molecule has 0 radical (unpaired) electrons. The van der Waals surface area contributed by atoms with E-state index in [9.17, 15) is 19.5 Å². The smallest absolute Gasteiger partial charge is 0.243 e. The highest BCUT2D eigenvalue weighted by molar-refractivity contribution is 7.13. The van der Waals surface area contributed by atoms with Crippen LogP contribution in [0, 0.1) is 12.3 Å². The van der Waals surface area contributed by atoms with Crippen molar-refractivity contribution in [3.05, 3.63) is 35.0 Å². The monoisotopic (exact) mass is 501 g/mol. The fraction of sp³-hybridized carbons (Fsp3) is 0.520. The van der Waals surface area contributed by atoms with Gasteiger partial charge in [0.25, 0.3) is 0 Å². The third-order valence-electron chi connectivity index (χ3n) is 6.15. The van der Waals surface area contributed by atoms with Crippen LogP contribution >= 0.6 is 11.3 Å². The predicted octanol–water partition coefficient (Wildman–Crippen LogP) is 2.29. The predicted molar refractivity (Wildman–Crippen MR) is 137 cm³/mol. The van der Waals surface area contributed by atoms with Gasteiger partial charge in [-0.05, 0) is 36.6 Å². The number of aryl methyl sites for hydroxylation is 1. The van der Waals surface area contributed by atoms with E-state index in [1.165, 1.54) is 23.2 Å². The molecule has 9 nitrogen and oxygen atoms in total. The SMILES string of the molecule is CN[C@H](C(=O)N1C[C@H](O)C[C@H]1C(=O)NCc1ccc(-c2scnc2C)cc1NC(C)=O)C(C)(C)C. The van der Waals surface area contributed by atoms with E-state index >= 15 is 0 Å². The Morgan fingerprint density at radius 1 is 1.29 bits per heavy atom. The number of rotatable bonds is 7. The molecule has 1 aromatic heterocycles. The molecule has 4 N–H and O–H groups in total. The van der Waals surface area contributed by atoms with Crippen molar-refractivity contribution in [2.75, 3.05) is 18.9 Å². The number of thiazole rings is 1. The molecule has 1 aromatic carbocycles. The Hall–Kier alpha value is -2.82. The standard InChI is InChI=1S/C25H35N5O4S/c1-14-21(35-13-28-14)16-7-8-17(19(9-16)29-15(2)31)11-27-23(33)20-10-18(32)12-30(20)24(34)22(26-6)25(3,4)5/h7-9,13,18,20,22,26,32H,10-12H2,1-6H3,(H,27,33)(H,29,31)/t18-,20+,22-/m1/s1. The van der Waals surface area contributed by atoms with E-state index in [0.29, 0.717) is 5.69 Å². The lowest BCUT2D eigenvalue weighted by atomic mass is 9.86. The number of anilines is 1. The lowest BCUT2D eigenvalue weighted by molar-refractivity contribution is -0.142. The normalized spacial score (nSPS) is 18.9. The zero-order chi connectivity index (χ0) is 25.9. The molecule has 3 rings (SSSR count). The Labute approximate surface area is 210 Å². The van der Waals surface area contributed by atoms with Crippen LogP contribution in [0.2, 0.25) is 0 Å². The summed E-state index contributed by atoms with van der Waals surface area (Å²) in [4.78, 5) is 45.0. The van der Waals surface area contributed by atoms with Gasteiger partial charge >= 0.3 is 0 Å². The summed E-state index contributed by atoms with van der Waals surface area (Å²) in [6.07, 6.45) is -0.579. The van der Waals surface area contributed by atoms with E-state index in [1.807, 2.05) is 45.9 Å². The van der Waals surface area contributed by atoms with Gasteiger partial charge in [-0.3, -0.25) is 14.4 Å². The van der Waals surface area contributed by atoms with Gasteiger partial charge in [0, 0.05) is 32.1 Å². The molecule has 0 spiro atoms. The number of β-amino-alcohol motifs (C(OH)–C–C–N with tert-alkyl or cyclic N) is 1. The summed E-state index contributed by atoms with van der Waals surface area (Å²) in [6.45, 7) is 9.51. The van der Waals surface area contributed by atoms with Crippen LogP contribution in [-0.2, 0) is 20.9 Å². The molecule has 1 aliphatic heterocycles. The maximum atomic E-state index is 13.2. The first-order valence-electron chi connectivity index (χ1n) is 11.7. The maximum absolute atomic E-state index is 13.2. The van der Waals surface area contributed by atoms with Crippen LogP contribution in [0.3, 0.4) is 0 Å². The number of nitrogens with one attached hydrogen (secondary N) is 3. The van der Waals surface area contributed by atoms with Crippen LogP contribution in [0.4, 0.5) is 5.69 Å². The molecule has 2 aromatic rings. The van der Waals surface area contributed by atoms with Gasteiger partial charge in [0.1, 0.15) is 6.04 Å². The Balaban J connectivity index is 1.78. The van der Waals surface area contributed by atoms with Gasteiger partial charge in [-0.25, -0.2) is 4.98 Å². The number of carbonyl (C=O) groups excluding carboxylic acids is 3. The Morgan fingerprint density at radius 2 is 2.00 bits per heavy atom. The van der Waals surface area contributed by atoms with E-state index in [1.54, 1.807) is 12.6 Å². The van der Waals surface area contributed by atoms with E-state index in [-0.39, 0.29) is 42.6 Å². The van der Waals surface area contributed by atoms with Gasteiger partial charge < -0.3 is 26.0 Å². The van der Waals surface area contributed by atoms with E-state index in [2.05, 4.69) is 20.9 Å². The van der Waals surface area contributed by atoms with E-state index in [0.717, 1.165) is 21.7 Å². The summed E-state index contributed by atoms with van der Waals surface area (Å²) >= 11 is 1.52. The number of benzene rings is 1. The van der Waals surface area contributed by atoms with Gasteiger partial charge in [0.15, 0.2) is 0 Å². The van der Waals surface area contributed by atoms with Crippen molar-refractivity contribution >= 4 is 34.7 Å². The molecule has 1 aliphatic rings. The average Bonchev–Trinajstić information content (AvgIpc) is 3.37. The van der Waals surface area contributed by atoms with Crippen molar-refractivity contribution < 1.29 is 19.5 Å². The molecule has 1 saturated heterocycles. The molecule has 0 aliphatic carbocycles. The fourth-order valence-electron chi connectivity index (χ4n) is 4.46. The molecular weight excluding hydrogens is 466 g/mol. The number of likely N-dealkylation sites (tertiary alicyclic amines) is 1. The summed E-state index contributed by atoms with van der Waals surface area (Å²) in [5.41, 5.74) is 4.60. The molecule has 0 saturated carbocycles. The van der Waals surface area contributed by atoms with Gasteiger partial charge in [-0.15, -0.1) is 11.3 Å². The topological polar surface area (TPSA) is 124 Å². The number of nitrogens with zero attached hydrogens (tertiary/aromatic N) is 2. The number of carbonyl (C=O) groups is 3. The molecule has 1 fully saturated rings. The van der Waals surface area contributed by atoms with Crippen molar-refractivity contribution in [2.24, 2.45) is 5.41 Å². The molecule has 10 heteroatoms. The van der Waals surface area contributed by atoms with Crippen molar-refractivity contribution in [3.63, 3.8) is 0 Å². The van der Waals surface area contributed by atoms with E-state index in [4.69, 9.17) is 0 Å². The summed E-state index contributed by atoms with van der Waals surface area (Å²) < 4.78 is 0. The molecule has 0 bridgehead atoms. The summed E-state index contributed by atoms with van der Waals surface area (Å²) in [5, 5.41) is 19.0.